The molecule has 0 N–H and O–H groups in total. The quantitative estimate of drug-likeness (QED) is 0.574. The Kier molecular flexibility index (Phi) is 6.08. The lowest BCUT2D eigenvalue weighted by molar-refractivity contribution is -0.147. The normalized spacial score (nSPS) is 9.88. The van der Waals surface area contributed by atoms with Crippen molar-refractivity contribution in [2.75, 3.05) is 13.7 Å². The van der Waals surface area contributed by atoms with Crippen molar-refractivity contribution in [1.82, 2.24) is 0 Å². The van der Waals surface area contributed by atoms with Gasteiger partial charge in [-0.05, 0) is 29.8 Å². The van der Waals surface area contributed by atoms with E-state index in [4.69, 9.17) is 9.47 Å². The molecule has 2 aromatic rings. The number of carbonyl (C=O) groups is 3. The third-order valence-electron chi connectivity index (χ3n) is 3.17. The lowest BCUT2D eigenvalue weighted by Crippen LogP contribution is -2.15. The molecule has 0 atom stereocenters. The first-order valence-corrected chi connectivity index (χ1v) is 7.14. The Labute approximate surface area is 139 Å². The predicted octanol–water partition coefficient (Wildman–Crippen LogP) is 2.41. The van der Waals surface area contributed by atoms with Crippen LogP contribution in [0.2, 0.25) is 0 Å². The summed E-state index contributed by atoms with van der Waals surface area (Å²) in [4.78, 5) is 33.9. The van der Waals surface area contributed by atoms with Crippen molar-refractivity contribution in [1.29, 1.82) is 0 Å². The highest BCUT2D eigenvalue weighted by atomic mass is 16.6. The summed E-state index contributed by atoms with van der Waals surface area (Å²) in [5, 5.41) is 0. The first kappa shape index (κ1) is 17.2. The Bertz CT molecular complexity index is 721. The van der Waals surface area contributed by atoms with Crippen molar-refractivity contribution in [2.24, 2.45) is 0 Å². The number of esters is 2. The summed E-state index contributed by atoms with van der Waals surface area (Å²) in [6.45, 7) is -0.246. The van der Waals surface area contributed by atoms with Crippen LogP contribution in [0, 0.1) is 0 Å². The maximum Gasteiger partial charge on any atom is 0.344 e. The molecule has 6 heteroatoms. The Morgan fingerprint density at radius 3 is 2.42 bits per heavy atom. The number of aldehydes is 1. The van der Waals surface area contributed by atoms with E-state index in [0.717, 1.165) is 5.56 Å². The molecule has 2 aromatic carbocycles. The second-order valence-electron chi connectivity index (χ2n) is 4.79. The molecule has 0 heterocycles. The van der Waals surface area contributed by atoms with Gasteiger partial charge in [-0.1, -0.05) is 24.3 Å². The van der Waals surface area contributed by atoms with Gasteiger partial charge in [-0.3, -0.25) is 4.79 Å². The number of ether oxygens (including phenoxy) is 3. The summed E-state index contributed by atoms with van der Waals surface area (Å²) in [6.07, 6.45) is 0.656. The van der Waals surface area contributed by atoms with Crippen LogP contribution in [0.1, 0.15) is 26.3 Å². The van der Waals surface area contributed by atoms with Gasteiger partial charge in [0.25, 0.3) is 0 Å². The minimum absolute atomic E-state index is 0.0545. The summed E-state index contributed by atoms with van der Waals surface area (Å²) in [6, 6.07) is 13.1. The minimum Gasteiger partial charge on any atom is -0.481 e. The van der Waals surface area contributed by atoms with Crippen LogP contribution in [0.5, 0.6) is 5.75 Å². The van der Waals surface area contributed by atoms with Crippen LogP contribution < -0.4 is 4.74 Å². The molecule has 0 saturated carbocycles. The molecule has 6 nitrogen and oxygen atoms in total. The second-order valence-corrected chi connectivity index (χ2v) is 4.79. The fraction of sp³-hybridized carbons (Fsp3) is 0.167. The molecule has 2 rings (SSSR count). The van der Waals surface area contributed by atoms with E-state index in [1.165, 1.54) is 7.11 Å². The average Bonchev–Trinajstić information content (AvgIpc) is 2.64. The molecule has 0 amide bonds. The molecule has 0 aliphatic heterocycles. The summed E-state index contributed by atoms with van der Waals surface area (Å²) in [7, 11) is 1.31. The molecule has 0 radical (unpaired) electrons. The third kappa shape index (κ3) is 4.67. The van der Waals surface area contributed by atoms with Crippen LogP contribution >= 0.6 is 0 Å². The molecule has 0 bridgehead atoms. The molecule has 124 valence electrons. The van der Waals surface area contributed by atoms with E-state index in [1.807, 2.05) is 0 Å². The zero-order chi connectivity index (χ0) is 17.4. The molecular formula is C18H16O6. The van der Waals surface area contributed by atoms with E-state index in [2.05, 4.69) is 4.74 Å². The van der Waals surface area contributed by atoms with Crippen molar-refractivity contribution in [2.45, 2.75) is 6.61 Å². The lowest BCUT2D eigenvalue weighted by Gasteiger charge is -2.08. The Morgan fingerprint density at radius 1 is 1.04 bits per heavy atom. The summed E-state index contributed by atoms with van der Waals surface area (Å²) in [5.74, 6) is -0.666. The van der Waals surface area contributed by atoms with E-state index in [0.29, 0.717) is 23.2 Å². The highest BCUT2D eigenvalue weighted by Gasteiger charge is 2.09. The largest absolute Gasteiger partial charge is 0.481 e. The van der Waals surface area contributed by atoms with Crippen LogP contribution in [0.4, 0.5) is 0 Å². The monoisotopic (exact) mass is 328 g/mol. The number of benzene rings is 2. The number of rotatable bonds is 7. The highest BCUT2D eigenvalue weighted by molar-refractivity contribution is 5.89. The average molecular weight is 328 g/mol. The van der Waals surface area contributed by atoms with Crippen molar-refractivity contribution in [3.63, 3.8) is 0 Å². The van der Waals surface area contributed by atoms with E-state index in [9.17, 15) is 14.4 Å². The number of hydrogen-bond acceptors (Lipinski definition) is 6. The summed E-state index contributed by atoms with van der Waals surface area (Å²) in [5.41, 5.74) is 1.51. The molecule has 0 aliphatic carbocycles. The number of carbonyl (C=O) groups excluding carboxylic acids is 3. The van der Waals surface area contributed by atoms with Gasteiger partial charge >= 0.3 is 11.9 Å². The van der Waals surface area contributed by atoms with Gasteiger partial charge in [0.2, 0.25) is 0 Å². The standard InChI is InChI=1S/C18H16O6/c1-22-18(21)14-8-6-13(7-9-14)11-24-17(20)12-23-16-5-3-2-4-15(16)10-19/h2-10H,11-12H2,1H3. The molecule has 0 aromatic heterocycles. The van der Waals surface area contributed by atoms with Gasteiger partial charge in [-0.25, -0.2) is 9.59 Å². The Hall–Kier alpha value is -3.15. The van der Waals surface area contributed by atoms with Gasteiger partial charge in [-0.2, -0.15) is 0 Å². The van der Waals surface area contributed by atoms with Gasteiger partial charge in [-0.15, -0.1) is 0 Å². The summed E-state index contributed by atoms with van der Waals surface area (Å²) < 4.78 is 15.0. The van der Waals surface area contributed by atoms with Gasteiger partial charge in [0, 0.05) is 0 Å². The van der Waals surface area contributed by atoms with Crippen molar-refractivity contribution < 1.29 is 28.6 Å². The van der Waals surface area contributed by atoms with E-state index in [-0.39, 0.29) is 13.2 Å². The molecule has 0 spiro atoms. The topological polar surface area (TPSA) is 78.9 Å². The Morgan fingerprint density at radius 2 is 1.75 bits per heavy atom. The molecule has 0 fully saturated rings. The first-order chi connectivity index (χ1) is 11.6. The van der Waals surface area contributed by atoms with Crippen LogP contribution in [-0.2, 0) is 20.9 Å². The van der Waals surface area contributed by atoms with Crippen molar-refractivity contribution in [3.8, 4) is 5.75 Å². The van der Waals surface area contributed by atoms with Gasteiger partial charge in [0.15, 0.2) is 12.9 Å². The van der Waals surface area contributed by atoms with Crippen LogP contribution in [0.15, 0.2) is 48.5 Å². The zero-order valence-electron chi connectivity index (χ0n) is 13.1. The van der Waals surface area contributed by atoms with E-state index >= 15 is 0 Å². The highest BCUT2D eigenvalue weighted by Crippen LogP contribution is 2.15. The maximum absolute atomic E-state index is 11.7. The minimum atomic E-state index is -0.562. The maximum atomic E-state index is 11.7. The fourth-order valence-corrected chi connectivity index (χ4v) is 1.91. The molecule has 0 saturated heterocycles. The number of hydrogen-bond donors (Lipinski definition) is 0. The number of para-hydroxylation sites is 1. The van der Waals surface area contributed by atoms with Gasteiger partial charge in [0.05, 0.1) is 18.2 Å². The van der Waals surface area contributed by atoms with Crippen LogP contribution in [0.25, 0.3) is 0 Å². The first-order valence-electron chi connectivity index (χ1n) is 7.14. The van der Waals surface area contributed by atoms with Gasteiger partial charge in [0.1, 0.15) is 12.4 Å². The SMILES string of the molecule is COC(=O)c1ccc(COC(=O)COc2ccccc2C=O)cc1. The van der Waals surface area contributed by atoms with Crippen LogP contribution in [-0.4, -0.2) is 31.9 Å². The van der Waals surface area contributed by atoms with Crippen molar-refractivity contribution >= 4 is 18.2 Å². The van der Waals surface area contributed by atoms with Crippen LogP contribution in [0.3, 0.4) is 0 Å². The molecule has 0 aliphatic rings. The molecule has 0 unspecified atom stereocenters. The summed E-state index contributed by atoms with van der Waals surface area (Å²) >= 11 is 0. The van der Waals surface area contributed by atoms with E-state index in [1.54, 1.807) is 48.5 Å². The predicted molar refractivity (Wildman–Crippen MR) is 84.9 cm³/mol. The molecule has 24 heavy (non-hydrogen) atoms. The third-order valence-corrected chi connectivity index (χ3v) is 3.17. The van der Waals surface area contributed by atoms with Crippen molar-refractivity contribution in [3.05, 3.63) is 65.2 Å². The van der Waals surface area contributed by atoms with E-state index < -0.39 is 11.9 Å². The fourth-order valence-electron chi connectivity index (χ4n) is 1.91. The number of methoxy groups -OCH3 is 1. The lowest BCUT2D eigenvalue weighted by atomic mass is 10.1. The van der Waals surface area contributed by atoms with Gasteiger partial charge < -0.3 is 14.2 Å². The second kappa shape index (κ2) is 8.47. The molecular weight excluding hydrogens is 312 g/mol. The zero-order valence-corrected chi connectivity index (χ0v) is 13.1. The smallest absolute Gasteiger partial charge is 0.344 e. The Balaban J connectivity index is 1.83.